The van der Waals surface area contributed by atoms with Crippen molar-refractivity contribution in [3.8, 4) is 6.07 Å². The Bertz CT molecular complexity index is 461. The Hall–Kier alpha value is -1.22. The van der Waals surface area contributed by atoms with Crippen molar-refractivity contribution < 1.29 is 13.2 Å². The second kappa shape index (κ2) is 4.96. The maximum atomic E-state index is 12.8. The van der Waals surface area contributed by atoms with Gasteiger partial charge in [-0.2, -0.15) is 18.4 Å². The van der Waals surface area contributed by atoms with Crippen molar-refractivity contribution >= 4 is 11.8 Å². The van der Waals surface area contributed by atoms with Gasteiger partial charge in [-0.15, -0.1) is 11.8 Å². The fourth-order valence-electron chi connectivity index (χ4n) is 1.32. The SMILES string of the molecule is CSc1nc(C(C)C)cc(C(F)(F)F)c1C#N. The molecule has 0 aromatic carbocycles. The molecule has 1 aromatic heterocycles. The summed E-state index contributed by atoms with van der Waals surface area (Å²) in [5, 5.41) is 8.95. The highest BCUT2D eigenvalue weighted by Crippen LogP contribution is 2.36. The van der Waals surface area contributed by atoms with Gasteiger partial charge in [0, 0.05) is 5.69 Å². The number of thioether (sulfide) groups is 1. The van der Waals surface area contributed by atoms with E-state index in [0.717, 1.165) is 17.8 Å². The number of pyridine rings is 1. The third-order valence-corrected chi connectivity index (χ3v) is 2.89. The zero-order valence-corrected chi connectivity index (χ0v) is 10.4. The van der Waals surface area contributed by atoms with E-state index >= 15 is 0 Å². The van der Waals surface area contributed by atoms with Crippen LogP contribution in [0.3, 0.4) is 0 Å². The first-order valence-electron chi connectivity index (χ1n) is 4.87. The summed E-state index contributed by atoms with van der Waals surface area (Å²) in [5.74, 6) is -0.116. The second-order valence-corrected chi connectivity index (χ2v) is 4.54. The van der Waals surface area contributed by atoms with Gasteiger partial charge >= 0.3 is 6.18 Å². The minimum Gasteiger partial charge on any atom is -0.245 e. The number of nitriles is 1. The quantitative estimate of drug-likeness (QED) is 0.758. The largest absolute Gasteiger partial charge is 0.417 e. The molecule has 0 aliphatic heterocycles. The van der Waals surface area contributed by atoms with E-state index in [1.165, 1.54) is 0 Å². The number of aromatic nitrogens is 1. The van der Waals surface area contributed by atoms with E-state index < -0.39 is 17.3 Å². The molecular weight excluding hydrogens is 249 g/mol. The van der Waals surface area contributed by atoms with Crippen molar-refractivity contribution in [3.63, 3.8) is 0 Å². The lowest BCUT2D eigenvalue weighted by Crippen LogP contribution is -2.11. The Kier molecular flexibility index (Phi) is 4.04. The molecular formula is C11H11F3N2S. The fraction of sp³-hybridized carbons (Fsp3) is 0.455. The van der Waals surface area contributed by atoms with Crippen LogP contribution in [0.2, 0.25) is 0 Å². The van der Waals surface area contributed by atoms with E-state index in [2.05, 4.69) is 4.98 Å². The molecule has 1 aromatic rings. The van der Waals surface area contributed by atoms with Crippen molar-refractivity contribution in [3.05, 3.63) is 22.9 Å². The van der Waals surface area contributed by atoms with Crippen LogP contribution in [0.4, 0.5) is 13.2 Å². The molecule has 0 amide bonds. The molecule has 0 saturated heterocycles. The average Bonchev–Trinajstić information content (AvgIpc) is 2.25. The molecule has 92 valence electrons. The summed E-state index contributed by atoms with van der Waals surface area (Å²) < 4.78 is 38.4. The lowest BCUT2D eigenvalue weighted by atomic mass is 10.0. The minimum atomic E-state index is -4.53. The van der Waals surface area contributed by atoms with E-state index in [1.807, 2.05) is 0 Å². The first-order chi connectivity index (χ1) is 7.81. The normalized spacial score (nSPS) is 11.6. The number of hydrogen-bond acceptors (Lipinski definition) is 3. The van der Waals surface area contributed by atoms with Crippen molar-refractivity contribution in [2.75, 3.05) is 6.26 Å². The number of halogens is 3. The third kappa shape index (κ3) is 2.91. The number of nitrogens with zero attached hydrogens (tertiary/aromatic N) is 2. The van der Waals surface area contributed by atoms with Gasteiger partial charge in [-0.25, -0.2) is 4.98 Å². The van der Waals surface area contributed by atoms with Crippen LogP contribution in [0.5, 0.6) is 0 Å². The summed E-state index contributed by atoms with van der Waals surface area (Å²) in [7, 11) is 0. The zero-order chi connectivity index (χ0) is 13.2. The molecule has 0 radical (unpaired) electrons. The predicted molar refractivity (Wildman–Crippen MR) is 59.8 cm³/mol. The molecule has 0 spiro atoms. The molecule has 0 saturated carbocycles. The molecule has 0 aliphatic rings. The highest BCUT2D eigenvalue weighted by Gasteiger charge is 2.35. The van der Waals surface area contributed by atoms with E-state index in [-0.39, 0.29) is 10.9 Å². The molecule has 0 aliphatic carbocycles. The van der Waals surface area contributed by atoms with Gasteiger partial charge in [-0.05, 0) is 18.2 Å². The van der Waals surface area contributed by atoms with E-state index in [9.17, 15) is 13.2 Å². The van der Waals surface area contributed by atoms with Crippen molar-refractivity contribution in [2.45, 2.75) is 31.0 Å². The lowest BCUT2D eigenvalue weighted by Gasteiger charge is -2.14. The molecule has 17 heavy (non-hydrogen) atoms. The Morgan fingerprint density at radius 3 is 2.35 bits per heavy atom. The summed E-state index contributed by atoms with van der Waals surface area (Å²) in [4.78, 5) is 4.08. The topological polar surface area (TPSA) is 36.7 Å². The summed E-state index contributed by atoms with van der Waals surface area (Å²) in [6.45, 7) is 3.53. The van der Waals surface area contributed by atoms with Crippen LogP contribution >= 0.6 is 11.8 Å². The Balaban J connectivity index is 3.56. The van der Waals surface area contributed by atoms with Crippen LogP contribution in [-0.4, -0.2) is 11.2 Å². The molecule has 0 N–H and O–H groups in total. The van der Waals surface area contributed by atoms with Crippen LogP contribution in [0.25, 0.3) is 0 Å². The van der Waals surface area contributed by atoms with Crippen LogP contribution in [-0.2, 0) is 6.18 Å². The standard InChI is InChI=1S/C11H11F3N2S/c1-6(2)9-4-8(11(12,13)14)7(5-15)10(16-9)17-3/h4,6H,1-3H3. The smallest absolute Gasteiger partial charge is 0.245 e. The summed E-state index contributed by atoms with van der Waals surface area (Å²) in [5.41, 5.74) is -0.946. The zero-order valence-electron chi connectivity index (χ0n) is 9.59. The minimum absolute atomic E-state index is 0.116. The molecule has 6 heteroatoms. The molecule has 0 atom stereocenters. The molecule has 0 fully saturated rings. The van der Waals surface area contributed by atoms with Crippen LogP contribution < -0.4 is 0 Å². The summed E-state index contributed by atoms with van der Waals surface area (Å²) >= 11 is 1.05. The van der Waals surface area contributed by atoms with Crippen LogP contribution in [0.15, 0.2) is 11.1 Å². The molecule has 2 nitrogen and oxygen atoms in total. The van der Waals surface area contributed by atoms with Gasteiger partial charge in [0.05, 0.1) is 11.1 Å². The first-order valence-corrected chi connectivity index (χ1v) is 6.10. The number of hydrogen-bond donors (Lipinski definition) is 0. The first kappa shape index (κ1) is 13.8. The fourth-order valence-corrected chi connectivity index (χ4v) is 1.87. The Morgan fingerprint density at radius 2 is 2.00 bits per heavy atom. The van der Waals surface area contributed by atoms with Gasteiger partial charge in [0.1, 0.15) is 11.1 Å². The van der Waals surface area contributed by atoms with Gasteiger partial charge in [0.2, 0.25) is 0 Å². The number of rotatable bonds is 2. The van der Waals surface area contributed by atoms with E-state index in [4.69, 9.17) is 5.26 Å². The van der Waals surface area contributed by atoms with Gasteiger partial charge in [0.25, 0.3) is 0 Å². The van der Waals surface area contributed by atoms with Crippen LogP contribution in [0, 0.1) is 11.3 Å². The van der Waals surface area contributed by atoms with Crippen molar-refractivity contribution in [2.24, 2.45) is 0 Å². The summed E-state index contributed by atoms with van der Waals surface area (Å²) in [6.07, 6.45) is -2.92. The van der Waals surface area contributed by atoms with Crippen molar-refractivity contribution in [1.29, 1.82) is 5.26 Å². The van der Waals surface area contributed by atoms with Gasteiger partial charge in [0.15, 0.2) is 0 Å². The molecule has 0 bridgehead atoms. The predicted octanol–water partition coefficient (Wildman–Crippen LogP) is 3.82. The van der Waals surface area contributed by atoms with Crippen LogP contribution in [0.1, 0.15) is 36.6 Å². The highest BCUT2D eigenvalue weighted by molar-refractivity contribution is 7.98. The molecule has 0 unspecified atom stereocenters. The summed E-state index contributed by atoms with van der Waals surface area (Å²) in [6, 6.07) is 2.55. The maximum absolute atomic E-state index is 12.8. The molecule has 1 rings (SSSR count). The third-order valence-electron chi connectivity index (χ3n) is 2.21. The lowest BCUT2D eigenvalue weighted by molar-refractivity contribution is -0.138. The monoisotopic (exact) mass is 260 g/mol. The Labute approximate surface area is 102 Å². The van der Waals surface area contributed by atoms with Crippen molar-refractivity contribution in [1.82, 2.24) is 4.98 Å². The van der Waals surface area contributed by atoms with Gasteiger partial charge in [-0.1, -0.05) is 13.8 Å². The highest BCUT2D eigenvalue weighted by atomic mass is 32.2. The van der Waals surface area contributed by atoms with E-state index in [1.54, 1.807) is 26.2 Å². The van der Waals surface area contributed by atoms with Gasteiger partial charge in [-0.3, -0.25) is 0 Å². The maximum Gasteiger partial charge on any atom is 0.417 e. The van der Waals surface area contributed by atoms with Gasteiger partial charge < -0.3 is 0 Å². The molecule has 1 heterocycles. The average molecular weight is 260 g/mol. The number of alkyl halides is 3. The van der Waals surface area contributed by atoms with E-state index in [0.29, 0.717) is 5.69 Å². The Morgan fingerprint density at radius 1 is 1.41 bits per heavy atom. The second-order valence-electron chi connectivity index (χ2n) is 3.74.